The van der Waals surface area contributed by atoms with E-state index < -0.39 is 11.9 Å². The molecule has 112 valence electrons. The van der Waals surface area contributed by atoms with Crippen LogP contribution in [0.5, 0.6) is 5.75 Å². The van der Waals surface area contributed by atoms with E-state index in [1.807, 2.05) is 24.3 Å². The van der Waals surface area contributed by atoms with Gasteiger partial charge in [-0.05, 0) is 31.7 Å². The van der Waals surface area contributed by atoms with Crippen LogP contribution in [0.15, 0.2) is 24.3 Å². The first-order valence-electron chi connectivity index (χ1n) is 7.41. The standard InChI is InChI=1S/C16H19NO4/c18-15(10-7-8-11(10)16(19)20)17-13-5-3-9-21-14-6-2-1-4-12(13)14/h1-2,4,6,10-11,13H,3,5,7-9H2,(H,17,18)(H,19,20). The predicted molar refractivity (Wildman–Crippen MR) is 75.9 cm³/mol. The number of rotatable bonds is 3. The van der Waals surface area contributed by atoms with Gasteiger partial charge in [0.05, 0.1) is 24.5 Å². The number of carboxylic acid groups (broad SMARTS) is 1. The molecule has 3 unspecified atom stereocenters. The van der Waals surface area contributed by atoms with E-state index in [4.69, 9.17) is 9.84 Å². The maximum absolute atomic E-state index is 12.3. The number of benzene rings is 1. The van der Waals surface area contributed by atoms with Gasteiger partial charge >= 0.3 is 5.97 Å². The lowest BCUT2D eigenvalue weighted by atomic mass is 9.73. The van der Waals surface area contributed by atoms with Crippen molar-refractivity contribution < 1.29 is 19.4 Å². The van der Waals surface area contributed by atoms with Crippen molar-refractivity contribution in [3.05, 3.63) is 29.8 Å². The van der Waals surface area contributed by atoms with E-state index in [1.54, 1.807) is 0 Å². The summed E-state index contributed by atoms with van der Waals surface area (Å²) < 4.78 is 5.67. The van der Waals surface area contributed by atoms with Crippen LogP contribution >= 0.6 is 0 Å². The van der Waals surface area contributed by atoms with Crippen LogP contribution in [0.4, 0.5) is 0 Å². The normalized spacial score (nSPS) is 27.5. The van der Waals surface area contributed by atoms with Crippen LogP contribution in [0, 0.1) is 11.8 Å². The second kappa shape index (κ2) is 5.76. The van der Waals surface area contributed by atoms with Crippen molar-refractivity contribution in [1.82, 2.24) is 5.32 Å². The minimum Gasteiger partial charge on any atom is -0.493 e. The highest BCUT2D eigenvalue weighted by atomic mass is 16.5. The number of amides is 1. The number of para-hydroxylation sites is 1. The molecule has 3 atom stereocenters. The highest BCUT2D eigenvalue weighted by molar-refractivity contribution is 5.86. The van der Waals surface area contributed by atoms with Crippen LogP contribution in [-0.2, 0) is 9.59 Å². The van der Waals surface area contributed by atoms with Crippen LogP contribution in [0.1, 0.15) is 37.3 Å². The summed E-state index contributed by atoms with van der Waals surface area (Å²) in [5.41, 5.74) is 0.981. The molecule has 1 aliphatic heterocycles. The zero-order valence-electron chi connectivity index (χ0n) is 11.7. The Labute approximate surface area is 123 Å². The molecule has 1 fully saturated rings. The fourth-order valence-electron chi connectivity index (χ4n) is 3.06. The predicted octanol–water partition coefficient (Wildman–Crippen LogP) is 2.13. The SMILES string of the molecule is O=C(O)C1CCC1C(=O)NC1CCCOc2ccccc21. The average Bonchev–Trinajstić information content (AvgIpc) is 2.60. The quantitative estimate of drug-likeness (QED) is 0.893. The number of carbonyl (C=O) groups is 2. The minimum absolute atomic E-state index is 0.0914. The Morgan fingerprint density at radius 1 is 1.14 bits per heavy atom. The highest BCUT2D eigenvalue weighted by Gasteiger charge is 2.42. The lowest BCUT2D eigenvalue weighted by molar-refractivity contribution is -0.153. The van der Waals surface area contributed by atoms with Crippen molar-refractivity contribution in [3.63, 3.8) is 0 Å². The molecule has 2 aliphatic rings. The molecule has 1 aromatic rings. The maximum atomic E-state index is 12.3. The molecule has 1 amide bonds. The number of carboxylic acids is 1. The molecule has 0 radical (unpaired) electrons. The third kappa shape index (κ3) is 2.73. The summed E-state index contributed by atoms with van der Waals surface area (Å²) in [6.07, 6.45) is 2.94. The van der Waals surface area contributed by atoms with Gasteiger partial charge in [0.15, 0.2) is 0 Å². The number of hydrogen-bond acceptors (Lipinski definition) is 3. The minimum atomic E-state index is -0.869. The monoisotopic (exact) mass is 289 g/mol. The third-order valence-electron chi connectivity index (χ3n) is 4.43. The Bertz CT molecular complexity index is 557. The van der Waals surface area contributed by atoms with E-state index >= 15 is 0 Å². The summed E-state index contributed by atoms with van der Waals surface area (Å²) in [5.74, 6) is -1.12. The van der Waals surface area contributed by atoms with Gasteiger partial charge in [0, 0.05) is 5.56 Å². The van der Waals surface area contributed by atoms with Crippen molar-refractivity contribution in [3.8, 4) is 5.75 Å². The Hall–Kier alpha value is -2.04. The summed E-state index contributed by atoms with van der Waals surface area (Å²) in [7, 11) is 0. The number of ether oxygens (including phenoxy) is 1. The van der Waals surface area contributed by atoms with E-state index in [0.717, 1.165) is 24.2 Å². The van der Waals surface area contributed by atoms with Crippen LogP contribution < -0.4 is 10.1 Å². The third-order valence-corrected chi connectivity index (χ3v) is 4.43. The van der Waals surface area contributed by atoms with E-state index in [9.17, 15) is 9.59 Å². The first-order chi connectivity index (χ1) is 10.2. The Balaban J connectivity index is 1.73. The smallest absolute Gasteiger partial charge is 0.307 e. The summed E-state index contributed by atoms with van der Waals surface area (Å²) in [5, 5.41) is 12.1. The average molecular weight is 289 g/mol. The summed E-state index contributed by atoms with van der Waals surface area (Å²) in [6, 6.07) is 7.61. The molecule has 5 nitrogen and oxygen atoms in total. The number of fused-ring (bicyclic) bond motifs is 1. The van der Waals surface area contributed by atoms with Crippen LogP contribution in [0.3, 0.4) is 0 Å². The van der Waals surface area contributed by atoms with Gasteiger partial charge < -0.3 is 15.2 Å². The largest absolute Gasteiger partial charge is 0.493 e. The van der Waals surface area contributed by atoms with E-state index in [-0.39, 0.29) is 17.9 Å². The van der Waals surface area contributed by atoms with Gasteiger partial charge in [-0.15, -0.1) is 0 Å². The lowest BCUT2D eigenvalue weighted by Gasteiger charge is -2.33. The molecule has 0 aromatic heterocycles. The Morgan fingerprint density at radius 3 is 2.62 bits per heavy atom. The second-order valence-electron chi connectivity index (χ2n) is 5.72. The molecule has 21 heavy (non-hydrogen) atoms. The van der Waals surface area contributed by atoms with Crippen LogP contribution in [0.2, 0.25) is 0 Å². The molecule has 0 bridgehead atoms. The van der Waals surface area contributed by atoms with Gasteiger partial charge in [-0.3, -0.25) is 9.59 Å². The van der Waals surface area contributed by atoms with Gasteiger partial charge in [-0.2, -0.15) is 0 Å². The molecule has 1 aliphatic carbocycles. The Kier molecular flexibility index (Phi) is 3.82. The Morgan fingerprint density at radius 2 is 1.90 bits per heavy atom. The molecule has 1 saturated carbocycles. The fraction of sp³-hybridized carbons (Fsp3) is 0.500. The molecule has 1 heterocycles. The van der Waals surface area contributed by atoms with Gasteiger partial charge in [-0.1, -0.05) is 18.2 Å². The number of hydrogen-bond donors (Lipinski definition) is 2. The summed E-state index contributed by atoms with van der Waals surface area (Å²) in [6.45, 7) is 0.643. The number of carbonyl (C=O) groups excluding carboxylic acids is 1. The second-order valence-corrected chi connectivity index (χ2v) is 5.72. The zero-order valence-corrected chi connectivity index (χ0v) is 11.7. The summed E-state index contributed by atoms with van der Waals surface area (Å²) in [4.78, 5) is 23.4. The zero-order chi connectivity index (χ0) is 14.8. The molecule has 2 N–H and O–H groups in total. The lowest BCUT2D eigenvalue weighted by Crippen LogP contribution is -2.45. The molecule has 5 heteroatoms. The van der Waals surface area contributed by atoms with Gasteiger partial charge in [0.2, 0.25) is 5.91 Å². The van der Waals surface area contributed by atoms with Crippen molar-refractivity contribution in [2.75, 3.05) is 6.61 Å². The molecular formula is C16H19NO4. The van der Waals surface area contributed by atoms with E-state index in [0.29, 0.717) is 19.4 Å². The van der Waals surface area contributed by atoms with Crippen LogP contribution in [-0.4, -0.2) is 23.6 Å². The van der Waals surface area contributed by atoms with E-state index in [1.165, 1.54) is 0 Å². The van der Waals surface area contributed by atoms with Gasteiger partial charge in [0.25, 0.3) is 0 Å². The van der Waals surface area contributed by atoms with Crippen LogP contribution in [0.25, 0.3) is 0 Å². The topological polar surface area (TPSA) is 75.6 Å². The molecule has 0 saturated heterocycles. The van der Waals surface area contributed by atoms with Gasteiger partial charge in [-0.25, -0.2) is 0 Å². The maximum Gasteiger partial charge on any atom is 0.307 e. The van der Waals surface area contributed by atoms with E-state index in [2.05, 4.69) is 5.32 Å². The molecular weight excluding hydrogens is 270 g/mol. The number of aliphatic carboxylic acids is 1. The van der Waals surface area contributed by atoms with Crippen molar-refractivity contribution in [2.45, 2.75) is 31.7 Å². The number of nitrogens with one attached hydrogen (secondary N) is 1. The molecule has 3 rings (SSSR count). The molecule has 0 spiro atoms. The fourth-order valence-corrected chi connectivity index (χ4v) is 3.06. The summed E-state index contributed by atoms with van der Waals surface area (Å²) >= 11 is 0. The van der Waals surface area contributed by atoms with Crippen molar-refractivity contribution >= 4 is 11.9 Å². The first-order valence-corrected chi connectivity index (χ1v) is 7.41. The molecule has 1 aromatic carbocycles. The van der Waals surface area contributed by atoms with Crippen molar-refractivity contribution in [2.24, 2.45) is 11.8 Å². The first kappa shape index (κ1) is 13.9. The van der Waals surface area contributed by atoms with Crippen molar-refractivity contribution in [1.29, 1.82) is 0 Å². The van der Waals surface area contributed by atoms with Gasteiger partial charge in [0.1, 0.15) is 5.75 Å². The highest BCUT2D eigenvalue weighted by Crippen LogP contribution is 2.36.